The molecule has 0 aliphatic carbocycles. The molecule has 0 aromatic carbocycles. The van der Waals surface area contributed by atoms with Gasteiger partial charge in [-0.2, -0.15) is 0 Å². The number of carbonyl (C=O) groups is 3. The monoisotopic (exact) mass is 1150 g/mol. The van der Waals surface area contributed by atoms with Gasteiger partial charge in [0, 0.05) is 19.3 Å². The van der Waals surface area contributed by atoms with Crippen LogP contribution in [0.1, 0.15) is 342 Å². The van der Waals surface area contributed by atoms with Crippen molar-refractivity contribution >= 4 is 17.9 Å². The van der Waals surface area contributed by atoms with E-state index in [-0.39, 0.29) is 37.5 Å². The fraction of sp³-hybridized carbons (Fsp3) is 0.727. The Bertz CT molecular complexity index is 1660. The van der Waals surface area contributed by atoms with Crippen LogP contribution in [0.4, 0.5) is 0 Å². The summed E-state index contributed by atoms with van der Waals surface area (Å²) < 4.78 is 16.9. The quantitative estimate of drug-likeness (QED) is 0.0261. The molecule has 476 valence electrons. The Morgan fingerprint density at radius 3 is 0.807 bits per heavy atom. The second-order valence-corrected chi connectivity index (χ2v) is 23.4. The number of rotatable bonds is 64. The summed E-state index contributed by atoms with van der Waals surface area (Å²) in [7, 11) is 0. The zero-order valence-corrected chi connectivity index (χ0v) is 54.7. The van der Waals surface area contributed by atoms with E-state index in [9.17, 15) is 14.4 Å². The minimum Gasteiger partial charge on any atom is -0.462 e. The number of allylic oxidation sites excluding steroid dienone is 18. The Morgan fingerprint density at radius 1 is 0.253 bits per heavy atom. The first kappa shape index (κ1) is 79.1. The molecule has 0 heterocycles. The minimum absolute atomic E-state index is 0.104. The third-order valence-corrected chi connectivity index (χ3v) is 15.2. The first-order chi connectivity index (χ1) is 41.0. The van der Waals surface area contributed by atoms with Crippen molar-refractivity contribution in [2.75, 3.05) is 13.2 Å². The number of carbonyl (C=O) groups excluding carboxylic acids is 3. The molecule has 0 aliphatic rings. The number of esters is 3. The standard InChI is InChI=1S/C77H132O6/c1-4-7-10-13-16-19-22-25-27-29-31-33-34-35-36-37-38-39-40-41-42-44-45-47-49-52-55-58-61-64-67-70-76(79)82-73-74(72-81-75(78)69-66-63-60-57-54-51-24-21-18-15-12-9-6-3)83-77(80)71-68-65-62-59-56-53-50-48-46-43-32-30-28-26-23-20-17-14-11-8-5-2/h9,12,18,21-23,25-26,29-32,46,48,51,54,60,63,74H,4-8,10-11,13-17,19-20,24,27-28,33-45,47,49-50,52-53,55-59,61-62,64-73H2,1-3H3/b12-9-,21-18-,25-22-,26-23-,31-29-,32-30-,48-46-,54-51-,63-60-. The molecule has 0 N–H and O–H groups in total. The van der Waals surface area contributed by atoms with E-state index in [1.54, 1.807) is 0 Å². The van der Waals surface area contributed by atoms with Crippen molar-refractivity contribution in [1.82, 2.24) is 0 Å². The van der Waals surface area contributed by atoms with Crippen molar-refractivity contribution in [2.24, 2.45) is 0 Å². The Hall–Kier alpha value is -3.93. The lowest BCUT2D eigenvalue weighted by atomic mass is 10.0. The van der Waals surface area contributed by atoms with Gasteiger partial charge in [0.25, 0.3) is 0 Å². The van der Waals surface area contributed by atoms with Crippen LogP contribution in [0.3, 0.4) is 0 Å². The molecule has 0 aliphatic heterocycles. The lowest BCUT2D eigenvalue weighted by Gasteiger charge is -2.18. The zero-order chi connectivity index (χ0) is 59.9. The number of hydrogen-bond acceptors (Lipinski definition) is 6. The van der Waals surface area contributed by atoms with Crippen LogP contribution in [0.2, 0.25) is 0 Å². The van der Waals surface area contributed by atoms with Crippen LogP contribution in [0, 0.1) is 0 Å². The SMILES string of the molecule is CC/C=C\C/C=C\C/C=C\C/C=C\CCC(=O)OCC(COC(=O)CCCCCCCCCCCCCCCCCCCCC/C=C\C/C=C\CCCCCCC)OC(=O)CCCCCCCC/C=C\C/C=C\C/C=C\CCCCCCC. The Kier molecular flexibility index (Phi) is 67.2. The molecule has 0 radical (unpaired) electrons. The molecule has 0 saturated heterocycles. The lowest BCUT2D eigenvalue weighted by Crippen LogP contribution is -2.30. The van der Waals surface area contributed by atoms with Crippen LogP contribution in [0.15, 0.2) is 109 Å². The van der Waals surface area contributed by atoms with E-state index >= 15 is 0 Å². The summed E-state index contributed by atoms with van der Waals surface area (Å²) in [4.78, 5) is 38.3. The molecule has 1 atom stereocenters. The second kappa shape index (κ2) is 70.6. The molecular formula is C77H132O6. The molecule has 1 unspecified atom stereocenters. The molecule has 0 fully saturated rings. The summed E-state index contributed by atoms with van der Waals surface area (Å²) in [6, 6.07) is 0. The fourth-order valence-corrected chi connectivity index (χ4v) is 9.97. The van der Waals surface area contributed by atoms with Crippen LogP contribution in [0.25, 0.3) is 0 Å². The number of ether oxygens (including phenoxy) is 3. The Balaban J connectivity index is 4.26. The normalized spacial score (nSPS) is 12.8. The average molecular weight is 1150 g/mol. The van der Waals surface area contributed by atoms with Crippen molar-refractivity contribution in [3.63, 3.8) is 0 Å². The van der Waals surface area contributed by atoms with Crippen molar-refractivity contribution in [3.8, 4) is 0 Å². The van der Waals surface area contributed by atoms with Gasteiger partial charge in [0.05, 0.1) is 0 Å². The minimum atomic E-state index is -0.816. The molecule has 6 heteroatoms. The highest BCUT2D eigenvalue weighted by molar-refractivity contribution is 5.71. The Morgan fingerprint density at radius 2 is 0.494 bits per heavy atom. The molecule has 0 amide bonds. The average Bonchev–Trinajstić information content (AvgIpc) is 3.49. The fourth-order valence-electron chi connectivity index (χ4n) is 9.97. The van der Waals surface area contributed by atoms with Gasteiger partial charge in [0.1, 0.15) is 13.2 Å². The highest BCUT2D eigenvalue weighted by Crippen LogP contribution is 2.17. The van der Waals surface area contributed by atoms with E-state index < -0.39 is 6.10 Å². The van der Waals surface area contributed by atoms with Crippen molar-refractivity contribution in [1.29, 1.82) is 0 Å². The van der Waals surface area contributed by atoms with E-state index in [1.807, 2.05) is 6.08 Å². The van der Waals surface area contributed by atoms with Gasteiger partial charge in [-0.3, -0.25) is 14.4 Å². The first-order valence-electron chi connectivity index (χ1n) is 35.4. The van der Waals surface area contributed by atoms with Gasteiger partial charge in [-0.1, -0.05) is 316 Å². The zero-order valence-electron chi connectivity index (χ0n) is 54.7. The molecular weight excluding hydrogens is 1020 g/mol. The van der Waals surface area contributed by atoms with E-state index in [0.29, 0.717) is 19.3 Å². The maximum atomic E-state index is 12.9. The summed E-state index contributed by atoms with van der Waals surface area (Å²) >= 11 is 0. The molecule has 0 bridgehead atoms. The van der Waals surface area contributed by atoms with Gasteiger partial charge >= 0.3 is 17.9 Å². The maximum absolute atomic E-state index is 12.9. The summed E-state index contributed by atoms with van der Waals surface area (Å²) in [5.74, 6) is -0.991. The van der Waals surface area contributed by atoms with Gasteiger partial charge in [-0.15, -0.1) is 0 Å². The number of unbranched alkanes of at least 4 members (excludes halogenated alkanes) is 35. The van der Waals surface area contributed by atoms with Gasteiger partial charge in [0.2, 0.25) is 0 Å². The van der Waals surface area contributed by atoms with Crippen LogP contribution in [0.5, 0.6) is 0 Å². The summed E-state index contributed by atoms with van der Waals surface area (Å²) in [6.07, 6.45) is 97.1. The summed E-state index contributed by atoms with van der Waals surface area (Å²) in [5.41, 5.74) is 0. The van der Waals surface area contributed by atoms with Crippen molar-refractivity contribution in [3.05, 3.63) is 109 Å². The van der Waals surface area contributed by atoms with E-state index in [2.05, 4.69) is 124 Å². The Labute approximate surface area is 514 Å². The lowest BCUT2D eigenvalue weighted by molar-refractivity contribution is -0.166. The molecule has 83 heavy (non-hydrogen) atoms. The van der Waals surface area contributed by atoms with E-state index in [1.165, 1.54) is 199 Å². The van der Waals surface area contributed by atoms with Gasteiger partial charge < -0.3 is 14.2 Å². The van der Waals surface area contributed by atoms with E-state index in [4.69, 9.17) is 14.2 Å². The largest absolute Gasteiger partial charge is 0.462 e. The smallest absolute Gasteiger partial charge is 0.306 e. The molecule has 0 aromatic heterocycles. The summed E-state index contributed by atoms with van der Waals surface area (Å²) in [6.45, 7) is 6.46. The van der Waals surface area contributed by atoms with Crippen LogP contribution in [-0.2, 0) is 28.6 Å². The maximum Gasteiger partial charge on any atom is 0.306 e. The molecule has 0 aromatic rings. The van der Waals surface area contributed by atoms with Crippen molar-refractivity contribution in [2.45, 2.75) is 348 Å². The van der Waals surface area contributed by atoms with Gasteiger partial charge in [-0.25, -0.2) is 0 Å². The molecule has 0 rings (SSSR count). The highest BCUT2D eigenvalue weighted by atomic mass is 16.6. The van der Waals surface area contributed by atoms with Gasteiger partial charge in [0.15, 0.2) is 6.10 Å². The summed E-state index contributed by atoms with van der Waals surface area (Å²) in [5, 5.41) is 0. The number of hydrogen-bond donors (Lipinski definition) is 0. The third kappa shape index (κ3) is 68.7. The van der Waals surface area contributed by atoms with Crippen LogP contribution >= 0.6 is 0 Å². The van der Waals surface area contributed by atoms with Crippen molar-refractivity contribution < 1.29 is 28.6 Å². The molecule has 0 spiro atoms. The second-order valence-electron chi connectivity index (χ2n) is 23.4. The molecule has 6 nitrogen and oxygen atoms in total. The topological polar surface area (TPSA) is 78.9 Å². The van der Waals surface area contributed by atoms with Gasteiger partial charge in [-0.05, 0) is 116 Å². The molecule has 0 saturated carbocycles. The highest BCUT2D eigenvalue weighted by Gasteiger charge is 2.19. The van der Waals surface area contributed by atoms with Crippen LogP contribution in [-0.4, -0.2) is 37.2 Å². The van der Waals surface area contributed by atoms with Crippen LogP contribution < -0.4 is 0 Å². The van der Waals surface area contributed by atoms with E-state index in [0.717, 1.165) is 96.3 Å². The first-order valence-corrected chi connectivity index (χ1v) is 35.4. The predicted molar refractivity (Wildman–Crippen MR) is 362 cm³/mol. The predicted octanol–water partition coefficient (Wildman–Crippen LogP) is 24.6. The third-order valence-electron chi connectivity index (χ3n) is 15.2.